The third-order valence-corrected chi connectivity index (χ3v) is 2.90. The fourth-order valence-corrected chi connectivity index (χ4v) is 1.87. The number of para-hydroxylation sites is 1. The summed E-state index contributed by atoms with van der Waals surface area (Å²) in [5, 5.41) is 9.35. The van der Waals surface area contributed by atoms with Crippen molar-refractivity contribution < 1.29 is 18.8 Å². The SMILES string of the molecule is COC(=O)c1ccccc1NCCC(=O)Nc1cc(C)on1. The molecule has 0 unspecified atom stereocenters. The summed E-state index contributed by atoms with van der Waals surface area (Å²) in [7, 11) is 1.33. The molecule has 1 aromatic carbocycles. The molecule has 0 aliphatic heterocycles. The van der Waals surface area contributed by atoms with Crippen molar-refractivity contribution in [3.8, 4) is 0 Å². The van der Waals surface area contributed by atoms with Crippen molar-refractivity contribution in [3.63, 3.8) is 0 Å². The van der Waals surface area contributed by atoms with Crippen molar-refractivity contribution in [3.05, 3.63) is 41.7 Å². The minimum absolute atomic E-state index is 0.198. The van der Waals surface area contributed by atoms with Crippen LogP contribution in [0.25, 0.3) is 0 Å². The first kappa shape index (κ1) is 15.6. The number of carbonyl (C=O) groups excluding carboxylic acids is 2. The zero-order valence-corrected chi connectivity index (χ0v) is 12.4. The van der Waals surface area contributed by atoms with Crippen LogP contribution in [0.1, 0.15) is 22.5 Å². The van der Waals surface area contributed by atoms with E-state index in [1.807, 2.05) is 0 Å². The van der Waals surface area contributed by atoms with Crippen LogP contribution in [0.2, 0.25) is 0 Å². The highest BCUT2D eigenvalue weighted by atomic mass is 16.5. The Hall–Kier alpha value is -2.83. The lowest BCUT2D eigenvalue weighted by Gasteiger charge is -2.10. The maximum atomic E-state index is 11.8. The van der Waals surface area contributed by atoms with Gasteiger partial charge in [-0.15, -0.1) is 0 Å². The molecule has 2 aromatic rings. The number of hydrogen-bond donors (Lipinski definition) is 2. The Morgan fingerprint density at radius 1 is 1.32 bits per heavy atom. The average Bonchev–Trinajstić information content (AvgIpc) is 2.92. The Morgan fingerprint density at radius 3 is 2.77 bits per heavy atom. The molecule has 2 rings (SSSR count). The van der Waals surface area contributed by atoms with Crippen LogP contribution in [-0.2, 0) is 9.53 Å². The summed E-state index contributed by atoms with van der Waals surface area (Å²) in [5.74, 6) is 0.389. The van der Waals surface area contributed by atoms with Crippen molar-refractivity contribution in [2.45, 2.75) is 13.3 Å². The molecular formula is C15H17N3O4. The fraction of sp³-hybridized carbons (Fsp3) is 0.267. The summed E-state index contributed by atoms with van der Waals surface area (Å²) in [6.45, 7) is 2.12. The molecule has 0 radical (unpaired) electrons. The van der Waals surface area contributed by atoms with Gasteiger partial charge >= 0.3 is 5.97 Å². The molecule has 0 saturated heterocycles. The van der Waals surface area contributed by atoms with E-state index in [0.717, 1.165) is 0 Å². The van der Waals surface area contributed by atoms with Gasteiger partial charge in [-0.05, 0) is 19.1 Å². The first-order chi connectivity index (χ1) is 10.6. The maximum Gasteiger partial charge on any atom is 0.339 e. The van der Waals surface area contributed by atoms with Gasteiger partial charge in [-0.3, -0.25) is 4.79 Å². The number of nitrogens with zero attached hydrogens (tertiary/aromatic N) is 1. The molecule has 0 atom stereocenters. The minimum Gasteiger partial charge on any atom is -0.465 e. The van der Waals surface area contributed by atoms with Gasteiger partial charge in [0, 0.05) is 24.7 Å². The van der Waals surface area contributed by atoms with Crippen LogP contribution in [0.5, 0.6) is 0 Å². The number of esters is 1. The zero-order chi connectivity index (χ0) is 15.9. The Kier molecular flexibility index (Phi) is 5.13. The summed E-state index contributed by atoms with van der Waals surface area (Å²) in [4.78, 5) is 23.4. The number of aromatic nitrogens is 1. The van der Waals surface area contributed by atoms with E-state index in [2.05, 4.69) is 15.8 Å². The molecule has 0 bridgehead atoms. The molecule has 0 aliphatic rings. The van der Waals surface area contributed by atoms with Crippen molar-refractivity contribution in [2.75, 3.05) is 24.3 Å². The molecule has 116 valence electrons. The summed E-state index contributed by atoms with van der Waals surface area (Å²) < 4.78 is 9.57. The van der Waals surface area contributed by atoms with Crippen LogP contribution in [-0.4, -0.2) is 30.7 Å². The minimum atomic E-state index is -0.425. The van der Waals surface area contributed by atoms with Gasteiger partial charge in [0.2, 0.25) is 5.91 Å². The van der Waals surface area contributed by atoms with E-state index in [9.17, 15) is 9.59 Å². The number of ether oxygens (including phenoxy) is 1. The number of benzene rings is 1. The third-order valence-electron chi connectivity index (χ3n) is 2.90. The Balaban J connectivity index is 1.86. The molecule has 0 fully saturated rings. The van der Waals surface area contributed by atoms with Crippen molar-refractivity contribution in [2.24, 2.45) is 0 Å². The first-order valence-electron chi connectivity index (χ1n) is 6.74. The van der Waals surface area contributed by atoms with Gasteiger partial charge < -0.3 is 19.9 Å². The van der Waals surface area contributed by atoms with Gasteiger partial charge in [-0.25, -0.2) is 4.79 Å². The van der Waals surface area contributed by atoms with E-state index < -0.39 is 5.97 Å². The van der Waals surface area contributed by atoms with Gasteiger partial charge in [0.05, 0.1) is 12.7 Å². The summed E-state index contributed by atoms with van der Waals surface area (Å²) in [6.07, 6.45) is 0.224. The lowest BCUT2D eigenvalue weighted by molar-refractivity contribution is -0.116. The van der Waals surface area contributed by atoms with Crippen LogP contribution in [0.4, 0.5) is 11.5 Å². The number of carbonyl (C=O) groups is 2. The summed E-state index contributed by atoms with van der Waals surface area (Å²) in [5.41, 5.74) is 1.05. The van der Waals surface area contributed by atoms with Crippen molar-refractivity contribution >= 4 is 23.4 Å². The van der Waals surface area contributed by atoms with Crippen LogP contribution in [0.15, 0.2) is 34.9 Å². The Labute approximate surface area is 127 Å². The highest BCUT2D eigenvalue weighted by molar-refractivity contribution is 5.95. The Morgan fingerprint density at radius 2 is 2.09 bits per heavy atom. The van der Waals surface area contributed by atoms with Crippen LogP contribution >= 0.6 is 0 Å². The lowest BCUT2D eigenvalue weighted by atomic mass is 10.2. The smallest absolute Gasteiger partial charge is 0.339 e. The molecule has 0 aliphatic carbocycles. The molecule has 2 N–H and O–H groups in total. The maximum absolute atomic E-state index is 11.8. The second-order valence-corrected chi connectivity index (χ2v) is 4.58. The molecule has 0 saturated carbocycles. The molecule has 0 spiro atoms. The Bertz CT molecular complexity index is 666. The van der Waals surface area contributed by atoms with Gasteiger partial charge in [0.25, 0.3) is 0 Å². The van der Waals surface area contributed by atoms with E-state index in [1.165, 1.54) is 7.11 Å². The molecule has 7 nitrogen and oxygen atoms in total. The largest absolute Gasteiger partial charge is 0.465 e. The fourth-order valence-electron chi connectivity index (χ4n) is 1.87. The number of hydrogen-bond acceptors (Lipinski definition) is 6. The average molecular weight is 303 g/mol. The molecule has 22 heavy (non-hydrogen) atoms. The first-order valence-corrected chi connectivity index (χ1v) is 6.74. The number of aryl methyl sites for hydroxylation is 1. The number of rotatable bonds is 6. The van der Waals surface area contributed by atoms with Gasteiger partial charge in [0.1, 0.15) is 5.76 Å². The van der Waals surface area contributed by atoms with Crippen LogP contribution < -0.4 is 10.6 Å². The van der Waals surface area contributed by atoms with E-state index in [1.54, 1.807) is 37.3 Å². The topological polar surface area (TPSA) is 93.5 Å². The van der Waals surface area contributed by atoms with E-state index >= 15 is 0 Å². The highest BCUT2D eigenvalue weighted by Gasteiger charge is 2.11. The number of methoxy groups -OCH3 is 1. The normalized spacial score (nSPS) is 10.1. The quantitative estimate of drug-likeness (QED) is 0.795. The molecule has 7 heteroatoms. The second kappa shape index (κ2) is 7.26. The zero-order valence-electron chi connectivity index (χ0n) is 12.4. The van der Waals surface area contributed by atoms with E-state index in [0.29, 0.717) is 29.4 Å². The van der Waals surface area contributed by atoms with E-state index in [4.69, 9.17) is 9.26 Å². The third kappa shape index (κ3) is 4.08. The van der Waals surface area contributed by atoms with Gasteiger partial charge in [-0.1, -0.05) is 17.3 Å². The molecule has 1 amide bonds. The van der Waals surface area contributed by atoms with Crippen LogP contribution in [0, 0.1) is 6.92 Å². The summed E-state index contributed by atoms with van der Waals surface area (Å²) in [6, 6.07) is 8.60. The highest BCUT2D eigenvalue weighted by Crippen LogP contribution is 2.16. The summed E-state index contributed by atoms with van der Waals surface area (Å²) >= 11 is 0. The van der Waals surface area contributed by atoms with Crippen LogP contribution in [0.3, 0.4) is 0 Å². The number of nitrogens with one attached hydrogen (secondary N) is 2. The van der Waals surface area contributed by atoms with Crippen molar-refractivity contribution in [1.29, 1.82) is 0 Å². The standard InChI is InChI=1S/C15H17N3O4/c1-10-9-13(18-22-10)17-14(19)7-8-16-12-6-4-3-5-11(12)15(20)21-2/h3-6,9,16H,7-8H2,1-2H3,(H,17,18,19). The predicted molar refractivity (Wildman–Crippen MR) is 80.8 cm³/mol. The number of anilines is 2. The van der Waals surface area contributed by atoms with E-state index in [-0.39, 0.29) is 12.3 Å². The predicted octanol–water partition coefficient (Wildman–Crippen LogP) is 2.21. The van der Waals surface area contributed by atoms with Gasteiger partial charge in [0.15, 0.2) is 5.82 Å². The van der Waals surface area contributed by atoms with Crippen molar-refractivity contribution in [1.82, 2.24) is 5.16 Å². The second-order valence-electron chi connectivity index (χ2n) is 4.58. The molecule has 1 aromatic heterocycles. The number of amides is 1. The molecule has 1 heterocycles. The molecular weight excluding hydrogens is 286 g/mol. The monoisotopic (exact) mass is 303 g/mol. The van der Waals surface area contributed by atoms with Gasteiger partial charge in [-0.2, -0.15) is 0 Å². The lowest BCUT2D eigenvalue weighted by Crippen LogP contribution is -2.17.